The molecule has 24 heavy (non-hydrogen) atoms. The van der Waals surface area contributed by atoms with E-state index >= 15 is 0 Å². The number of hydrogen-bond donors (Lipinski definition) is 1. The number of halogens is 1. The van der Waals surface area contributed by atoms with Crippen LogP contribution < -0.4 is 4.90 Å². The van der Waals surface area contributed by atoms with Crippen LogP contribution in [-0.2, 0) is 5.72 Å². The van der Waals surface area contributed by atoms with Crippen LogP contribution in [0.3, 0.4) is 0 Å². The number of hydrogen-bond acceptors (Lipinski definition) is 2. The quantitative estimate of drug-likeness (QED) is 0.787. The second-order valence-corrected chi connectivity index (χ2v) is 7.54. The van der Waals surface area contributed by atoms with E-state index in [2.05, 4.69) is 49.7 Å². The lowest BCUT2D eigenvalue weighted by molar-refractivity contribution is -0.658. The molecule has 0 saturated heterocycles. The molecule has 1 unspecified atom stereocenters. The van der Waals surface area contributed by atoms with Crippen molar-refractivity contribution in [2.24, 2.45) is 0 Å². The van der Waals surface area contributed by atoms with Crippen molar-refractivity contribution in [2.75, 3.05) is 18.0 Å². The number of rotatable bonds is 2. The van der Waals surface area contributed by atoms with Gasteiger partial charge in [-0.2, -0.15) is 0 Å². The van der Waals surface area contributed by atoms with Crippen molar-refractivity contribution in [1.29, 1.82) is 0 Å². The first-order valence-corrected chi connectivity index (χ1v) is 9.42. The average molecular weight is 386 g/mol. The maximum atomic E-state index is 11.6. The molecular weight excluding hydrogens is 364 g/mol. The minimum atomic E-state index is -0.950. The Morgan fingerprint density at radius 2 is 1.71 bits per heavy atom. The summed E-state index contributed by atoms with van der Waals surface area (Å²) in [6, 6.07) is 18.5. The maximum absolute atomic E-state index is 11.6. The van der Waals surface area contributed by atoms with Gasteiger partial charge in [0.2, 0.25) is 0 Å². The largest absolute Gasteiger partial charge is 0.346 e. The Morgan fingerprint density at radius 1 is 0.958 bits per heavy atom. The van der Waals surface area contributed by atoms with Crippen LogP contribution in [0.1, 0.15) is 31.2 Å². The summed E-state index contributed by atoms with van der Waals surface area (Å²) in [5.74, 6) is 1.25. The van der Waals surface area contributed by atoms with E-state index in [9.17, 15) is 5.11 Å². The lowest BCUT2D eigenvalue weighted by Gasteiger charge is -2.23. The Hall–Kier alpha value is -1.65. The molecule has 2 aromatic carbocycles. The lowest BCUT2D eigenvalue weighted by atomic mass is 10.0. The smallest absolute Gasteiger partial charge is 0.271 e. The summed E-state index contributed by atoms with van der Waals surface area (Å²) in [5, 5.41) is 11.6. The number of β-amino-alcohol motifs (C(OH)–C–C–N with tert-alkyl or cyclic N) is 1. The average Bonchev–Trinajstić information content (AvgIpc) is 2.78. The molecule has 124 valence electrons. The fourth-order valence-electron chi connectivity index (χ4n) is 3.88. The van der Waals surface area contributed by atoms with Gasteiger partial charge in [-0.15, -0.1) is 0 Å². The molecule has 0 bridgehead atoms. The van der Waals surface area contributed by atoms with Crippen LogP contribution in [0.5, 0.6) is 0 Å². The van der Waals surface area contributed by atoms with Gasteiger partial charge < -0.3 is 5.11 Å². The zero-order valence-corrected chi connectivity index (χ0v) is 15.2. The van der Waals surface area contributed by atoms with Gasteiger partial charge in [-0.25, -0.2) is 9.48 Å². The fourth-order valence-corrected chi connectivity index (χ4v) is 4.15. The molecule has 0 radical (unpaired) electrons. The minimum absolute atomic E-state index is 0.577. The molecule has 1 N–H and O–H groups in total. The second-order valence-electron chi connectivity index (χ2n) is 6.62. The van der Waals surface area contributed by atoms with Gasteiger partial charge in [-0.1, -0.05) is 46.3 Å². The third-order valence-corrected chi connectivity index (χ3v) is 5.63. The van der Waals surface area contributed by atoms with Crippen LogP contribution in [0.4, 0.5) is 5.69 Å². The van der Waals surface area contributed by atoms with Crippen molar-refractivity contribution < 1.29 is 9.68 Å². The van der Waals surface area contributed by atoms with Gasteiger partial charge in [0.05, 0.1) is 6.54 Å². The van der Waals surface area contributed by atoms with E-state index in [-0.39, 0.29) is 0 Å². The summed E-state index contributed by atoms with van der Waals surface area (Å²) in [5.41, 5.74) is 1.17. The van der Waals surface area contributed by atoms with Crippen molar-refractivity contribution in [3.05, 3.63) is 64.6 Å². The van der Waals surface area contributed by atoms with Gasteiger partial charge in [0, 0.05) is 16.5 Å². The summed E-state index contributed by atoms with van der Waals surface area (Å²) >= 11 is 3.51. The summed E-state index contributed by atoms with van der Waals surface area (Å²) < 4.78 is 3.31. The van der Waals surface area contributed by atoms with E-state index in [1.807, 2.05) is 30.3 Å². The van der Waals surface area contributed by atoms with Crippen molar-refractivity contribution in [3.8, 4) is 0 Å². The molecule has 4 rings (SSSR count). The second kappa shape index (κ2) is 6.34. The van der Waals surface area contributed by atoms with Crippen LogP contribution in [0.15, 0.2) is 59.1 Å². The van der Waals surface area contributed by atoms with Crippen LogP contribution in [-0.4, -0.2) is 28.6 Å². The van der Waals surface area contributed by atoms with E-state index in [0.717, 1.165) is 35.1 Å². The van der Waals surface area contributed by atoms with E-state index in [1.165, 1.54) is 18.7 Å². The number of benzene rings is 2. The highest BCUT2D eigenvalue weighted by Crippen LogP contribution is 2.35. The molecule has 0 saturated carbocycles. The Bertz CT molecular complexity index is 757. The fraction of sp³-hybridized carbons (Fsp3) is 0.350. The molecule has 0 aromatic heterocycles. The standard InChI is InChI=1S/C20H22BrN2O/c21-17-10-12-18(13-11-17)22-15-20(24,16-7-3-1-4-8-16)23-14-6-2-5-9-19(22)23/h1,3-4,7-8,10-13,24H,2,5-6,9,14-15H2/q+1. The molecule has 2 heterocycles. The monoisotopic (exact) mass is 385 g/mol. The Kier molecular flexibility index (Phi) is 4.19. The number of aliphatic hydroxyl groups is 1. The highest BCUT2D eigenvalue weighted by atomic mass is 79.9. The highest BCUT2D eigenvalue weighted by molar-refractivity contribution is 9.10. The van der Waals surface area contributed by atoms with Crippen LogP contribution in [0, 0.1) is 0 Å². The molecule has 2 aliphatic heterocycles. The molecule has 4 heteroatoms. The predicted molar refractivity (Wildman–Crippen MR) is 100 cm³/mol. The van der Waals surface area contributed by atoms with Crippen molar-refractivity contribution in [2.45, 2.75) is 31.4 Å². The van der Waals surface area contributed by atoms with Gasteiger partial charge in [0.25, 0.3) is 11.6 Å². The van der Waals surface area contributed by atoms with Crippen LogP contribution >= 0.6 is 15.9 Å². The SMILES string of the molecule is OC1(c2ccccc2)CN(c2ccc(Br)cc2)C2=[N+]1CCCCC2. The maximum Gasteiger partial charge on any atom is 0.271 e. The third-order valence-electron chi connectivity index (χ3n) is 5.10. The normalized spacial score (nSPS) is 24.0. The first kappa shape index (κ1) is 15.9. The molecule has 3 nitrogen and oxygen atoms in total. The number of anilines is 1. The Labute approximate surface area is 151 Å². The van der Waals surface area contributed by atoms with Crippen LogP contribution in [0.25, 0.3) is 0 Å². The van der Waals surface area contributed by atoms with Gasteiger partial charge in [0.1, 0.15) is 5.69 Å². The van der Waals surface area contributed by atoms with Gasteiger partial charge in [0.15, 0.2) is 6.54 Å². The van der Waals surface area contributed by atoms with E-state index < -0.39 is 5.72 Å². The number of amidine groups is 1. The van der Waals surface area contributed by atoms with E-state index in [0.29, 0.717) is 6.54 Å². The molecule has 0 spiro atoms. The van der Waals surface area contributed by atoms with Gasteiger partial charge in [-0.05, 0) is 43.5 Å². The zero-order valence-electron chi connectivity index (χ0n) is 13.7. The molecule has 0 aliphatic carbocycles. The first-order chi connectivity index (χ1) is 11.7. The van der Waals surface area contributed by atoms with Crippen molar-refractivity contribution in [3.63, 3.8) is 0 Å². The summed E-state index contributed by atoms with van der Waals surface area (Å²) in [7, 11) is 0. The van der Waals surface area contributed by atoms with E-state index in [1.54, 1.807) is 0 Å². The topological polar surface area (TPSA) is 26.5 Å². The lowest BCUT2D eigenvalue weighted by Crippen LogP contribution is -2.40. The third kappa shape index (κ3) is 2.68. The summed E-state index contributed by atoms with van der Waals surface area (Å²) in [6.07, 6.45) is 4.56. The Balaban J connectivity index is 1.80. The molecular formula is C20H22BrN2O+. The summed E-state index contributed by atoms with van der Waals surface area (Å²) in [4.78, 5) is 2.30. The molecule has 0 amide bonds. The van der Waals surface area contributed by atoms with E-state index in [4.69, 9.17) is 0 Å². The zero-order chi connectivity index (χ0) is 16.6. The molecule has 2 aromatic rings. The number of nitrogens with zero attached hydrogens (tertiary/aromatic N) is 2. The molecule has 0 fully saturated rings. The minimum Gasteiger partial charge on any atom is -0.346 e. The first-order valence-electron chi connectivity index (χ1n) is 8.63. The Morgan fingerprint density at radius 3 is 2.46 bits per heavy atom. The van der Waals surface area contributed by atoms with Crippen molar-refractivity contribution >= 4 is 27.5 Å². The van der Waals surface area contributed by atoms with Crippen LogP contribution in [0.2, 0.25) is 0 Å². The molecule has 1 atom stereocenters. The van der Waals surface area contributed by atoms with Crippen molar-refractivity contribution in [1.82, 2.24) is 0 Å². The predicted octanol–water partition coefficient (Wildman–Crippen LogP) is 4.10. The summed E-state index contributed by atoms with van der Waals surface area (Å²) in [6.45, 7) is 1.49. The van der Waals surface area contributed by atoms with Gasteiger partial charge in [-0.3, -0.25) is 0 Å². The molecule has 2 aliphatic rings. The highest BCUT2D eigenvalue weighted by Gasteiger charge is 2.51. The van der Waals surface area contributed by atoms with Gasteiger partial charge >= 0.3 is 0 Å².